The summed E-state index contributed by atoms with van der Waals surface area (Å²) < 4.78 is 11.1. The summed E-state index contributed by atoms with van der Waals surface area (Å²) in [5.41, 5.74) is 0. The maximum atomic E-state index is 12.8. The van der Waals surface area contributed by atoms with Crippen molar-refractivity contribution in [1.82, 2.24) is 5.32 Å². The van der Waals surface area contributed by atoms with Gasteiger partial charge in [0.05, 0.1) is 25.4 Å². The van der Waals surface area contributed by atoms with Crippen LogP contribution in [0.15, 0.2) is 97.2 Å². The zero-order chi connectivity index (χ0) is 39.5. The second kappa shape index (κ2) is 34.6. The van der Waals surface area contributed by atoms with Gasteiger partial charge in [0.15, 0.2) is 6.29 Å². The van der Waals surface area contributed by atoms with E-state index in [1.54, 1.807) is 6.08 Å². The Morgan fingerprint density at radius 3 is 1.69 bits per heavy atom. The van der Waals surface area contributed by atoms with E-state index >= 15 is 0 Å². The topological polar surface area (TPSA) is 149 Å². The third-order valence-corrected chi connectivity index (χ3v) is 8.91. The van der Waals surface area contributed by atoms with Crippen LogP contribution in [0.5, 0.6) is 0 Å². The number of rotatable bonds is 31. The quantitative estimate of drug-likeness (QED) is 0.0311. The third-order valence-electron chi connectivity index (χ3n) is 8.91. The maximum Gasteiger partial charge on any atom is 0.220 e. The molecule has 0 aromatic rings. The predicted octanol–water partition coefficient (Wildman–Crippen LogP) is 7.77. The fourth-order valence-corrected chi connectivity index (χ4v) is 5.61. The first kappa shape index (κ1) is 49.1. The van der Waals surface area contributed by atoms with Gasteiger partial charge in [-0.2, -0.15) is 0 Å². The van der Waals surface area contributed by atoms with Crippen molar-refractivity contribution >= 4 is 5.91 Å². The summed E-state index contributed by atoms with van der Waals surface area (Å²) >= 11 is 0. The van der Waals surface area contributed by atoms with Crippen molar-refractivity contribution in [1.29, 1.82) is 0 Å². The van der Waals surface area contributed by atoms with Gasteiger partial charge in [0, 0.05) is 6.42 Å². The second-order valence-corrected chi connectivity index (χ2v) is 13.7. The molecule has 1 rings (SSSR count). The molecule has 0 radical (unpaired) electrons. The molecule has 0 aliphatic carbocycles. The van der Waals surface area contributed by atoms with E-state index in [1.807, 2.05) is 6.08 Å². The Morgan fingerprint density at radius 2 is 1.15 bits per heavy atom. The minimum absolute atomic E-state index is 0.219. The molecule has 9 heteroatoms. The number of nitrogens with one attached hydrogen (secondary N) is 1. The smallest absolute Gasteiger partial charge is 0.220 e. The van der Waals surface area contributed by atoms with Crippen LogP contribution in [-0.4, -0.2) is 87.5 Å². The average Bonchev–Trinajstić information content (AvgIpc) is 3.17. The lowest BCUT2D eigenvalue weighted by Crippen LogP contribution is -2.60. The van der Waals surface area contributed by atoms with Crippen LogP contribution in [0.2, 0.25) is 0 Å². The van der Waals surface area contributed by atoms with E-state index in [1.165, 1.54) is 25.7 Å². The SMILES string of the molecule is CC/C=C\C/C=C\C/C=C\C/C=C\C/C=C\C/C=C\C/C=C\CCCC(=O)NC(COC1OC(CO)C(O)C(O)C1O)C(O)/C=C/CCCCCCCC. The molecule has 1 amide bonds. The van der Waals surface area contributed by atoms with Crippen molar-refractivity contribution < 1.29 is 39.8 Å². The lowest BCUT2D eigenvalue weighted by molar-refractivity contribution is -0.302. The van der Waals surface area contributed by atoms with Gasteiger partial charge in [-0.25, -0.2) is 0 Å². The zero-order valence-corrected chi connectivity index (χ0v) is 33.2. The number of carbonyl (C=O) groups excluding carboxylic acids is 1. The van der Waals surface area contributed by atoms with Crippen molar-refractivity contribution in [2.24, 2.45) is 0 Å². The minimum atomic E-state index is -1.58. The van der Waals surface area contributed by atoms with Crippen molar-refractivity contribution in [3.63, 3.8) is 0 Å². The second-order valence-electron chi connectivity index (χ2n) is 13.7. The minimum Gasteiger partial charge on any atom is -0.394 e. The molecule has 1 heterocycles. The molecule has 9 nitrogen and oxygen atoms in total. The number of allylic oxidation sites excluding steroid dienone is 15. The number of ether oxygens (including phenoxy) is 2. The van der Waals surface area contributed by atoms with Crippen LogP contribution < -0.4 is 5.32 Å². The summed E-state index contributed by atoms with van der Waals surface area (Å²) in [4.78, 5) is 12.8. The Bertz CT molecular complexity index is 1150. The van der Waals surface area contributed by atoms with E-state index in [0.29, 0.717) is 6.42 Å². The maximum absolute atomic E-state index is 12.8. The molecule has 7 unspecified atom stereocenters. The Kier molecular flexibility index (Phi) is 31.5. The lowest BCUT2D eigenvalue weighted by Gasteiger charge is -2.40. The van der Waals surface area contributed by atoms with E-state index < -0.39 is 49.5 Å². The van der Waals surface area contributed by atoms with Gasteiger partial charge in [0.25, 0.3) is 0 Å². The molecular weight excluding hydrogens is 682 g/mol. The van der Waals surface area contributed by atoms with E-state index in [4.69, 9.17) is 9.47 Å². The normalized spacial score (nSPS) is 22.5. The van der Waals surface area contributed by atoms with E-state index in [0.717, 1.165) is 70.6 Å². The fourth-order valence-electron chi connectivity index (χ4n) is 5.61. The van der Waals surface area contributed by atoms with Crippen molar-refractivity contribution in [3.05, 3.63) is 97.2 Å². The molecule has 0 spiro atoms. The van der Waals surface area contributed by atoms with Gasteiger partial charge >= 0.3 is 0 Å². The Labute approximate surface area is 326 Å². The highest BCUT2D eigenvalue weighted by Crippen LogP contribution is 2.22. The molecule has 0 aromatic carbocycles. The zero-order valence-electron chi connectivity index (χ0n) is 33.2. The summed E-state index contributed by atoms with van der Waals surface area (Å²) in [7, 11) is 0. The van der Waals surface area contributed by atoms with Gasteiger partial charge in [-0.05, 0) is 70.6 Å². The van der Waals surface area contributed by atoms with Gasteiger partial charge in [0.2, 0.25) is 5.91 Å². The van der Waals surface area contributed by atoms with Gasteiger partial charge in [-0.15, -0.1) is 0 Å². The molecule has 0 bridgehead atoms. The first-order valence-electron chi connectivity index (χ1n) is 20.5. The lowest BCUT2D eigenvalue weighted by atomic mass is 9.99. The van der Waals surface area contributed by atoms with Crippen LogP contribution in [0.25, 0.3) is 0 Å². The van der Waals surface area contributed by atoms with E-state index in [9.17, 15) is 30.3 Å². The van der Waals surface area contributed by atoms with Crippen molar-refractivity contribution in [3.8, 4) is 0 Å². The third kappa shape index (κ3) is 25.2. The molecule has 1 aliphatic rings. The Morgan fingerprint density at radius 1 is 0.648 bits per heavy atom. The summed E-state index contributed by atoms with van der Waals surface area (Å²) in [6.07, 6.45) is 41.8. The van der Waals surface area contributed by atoms with Gasteiger partial charge < -0.3 is 40.3 Å². The number of aliphatic hydroxyl groups is 5. The predicted molar refractivity (Wildman–Crippen MR) is 221 cm³/mol. The molecule has 0 aromatic heterocycles. The number of amides is 1. The molecular formula is C45H73NO8. The van der Waals surface area contributed by atoms with Crippen LogP contribution in [0, 0.1) is 0 Å². The van der Waals surface area contributed by atoms with Crippen LogP contribution >= 0.6 is 0 Å². The number of hydrogen-bond acceptors (Lipinski definition) is 8. The summed E-state index contributed by atoms with van der Waals surface area (Å²) in [6, 6.07) is -0.839. The Balaban J connectivity index is 2.40. The van der Waals surface area contributed by atoms with Crippen LogP contribution in [0.1, 0.15) is 123 Å². The number of hydrogen-bond donors (Lipinski definition) is 6. The van der Waals surface area contributed by atoms with Crippen molar-refractivity contribution in [2.45, 2.75) is 166 Å². The molecule has 1 fully saturated rings. The first-order chi connectivity index (χ1) is 26.3. The fraction of sp³-hybridized carbons (Fsp3) is 0.622. The van der Waals surface area contributed by atoms with Crippen LogP contribution in [0.3, 0.4) is 0 Å². The highest BCUT2D eigenvalue weighted by atomic mass is 16.7. The van der Waals surface area contributed by atoms with Gasteiger partial charge in [-0.3, -0.25) is 4.79 Å². The van der Waals surface area contributed by atoms with Crippen molar-refractivity contribution in [2.75, 3.05) is 13.2 Å². The highest BCUT2D eigenvalue weighted by Gasteiger charge is 2.44. The Hall–Kier alpha value is -2.89. The van der Waals surface area contributed by atoms with E-state index in [-0.39, 0.29) is 18.9 Å². The van der Waals surface area contributed by atoms with Gasteiger partial charge in [-0.1, -0.05) is 143 Å². The first-order valence-corrected chi connectivity index (χ1v) is 20.5. The van der Waals surface area contributed by atoms with Crippen LogP contribution in [0.4, 0.5) is 0 Å². The summed E-state index contributed by atoms with van der Waals surface area (Å²) in [5.74, 6) is -0.244. The average molecular weight is 756 g/mol. The standard InChI is InChI=1S/C45H73NO8/c1-3-5-7-9-11-13-14-15-16-17-18-19-20-21-22-23-24-25-26-27-29-31-33-35-41(49)46-38(39(48)34-32-30-28-12-10-8-6-4-2)37-53-45-44(52)43(51)42(50)40(36-47)54-45/h5,7,11,13,15-16,18-19,21-22,24-25,27,29,32,34,38-40,42-45,47-48,50-52H,3-4,6,8-10,12,14,17,20,23,26,28,30-31,33,35-37H2,1-2H3,(H,46,49)/b7-5-,13-11-,16-15-,19-18-,22-21-,25-24-,29-27-,34-32+. The monoisotopic (exact) mass is 756 g/mol. The number of unbranched alkanes of at least 4 members (excludes halogenated alkanes) is 7. The van der Waals surface area contributed by atoms with Crippen LogP contribution in [-0.2, 0) is 14.3 Å². The number of aliphatic hydroxyl groups excluding tert-OH is 5. The largest absolute Gasteiger partial charge is 0.394 e. The summed E-state index contributed by atoms with van der Waals surface area (Å²) in [5, 5.41) is 53.8. The molecule has 1 aliphatic heterocycles. The number of carbonyl (C=O) groups is 1. The molecule has 0 saturated carbocycles. The van der Waals surface area contributed by atoms with E-state index in [2.05, 4.69) is 104 Å². The summed E-state index contributed by atoms with van der Waals surface area (Å²) in [6.45, 7) is 3.54. The molecule has 6 N–H and O–H groups in total. The van der Waals surface area contributed by atoms with Gasteiger partial charge in [0.1, 0.15) is 24.4 Å². The highest BCUT2D eigenvalue weighted by molar-refractivity contribution is 5.76. The molecule has 1 saturated heterocycles. The molecule has 7 atom stereocenters. The molecule has 306 valence electrons. The molecule has 54 heavy (non-hydrogen) atoms.